The molecule has 0 saturated carbocycles. The number of aromatic nitrogens is 1. The van der Waals surface area contributed by atoms with E-state index in [2.05, 4.69) is 15.2 Å². The molecule has 1 amide bonds. The van der Waals surface area contributed by atoms with Gasteiger partial charge in [0.15, 0.2) is 0 Å². The molecule has 0 radical (unpaired) electrons. The van der Waals surface area contributed by atoms with Crippen LogP contribution in [0.4, 0.5) is 0 Å². The van der Waals surface area contributed by atoms with Gasteiger partial charge in [0.1, 0.15) is 6.04 Å². The molecule has 110 valence electrons. The first-order chi connectivity index (χ1) is 9.63. The van der Waals surface area contributed by atoms with Crippen LogP contribution in [0.15, 0.2) is 18.3 Å². The Kier molecular flexibility index (Phi) is 4.92. The zero-order chi connectivity index (χ0) is 14.5. The number of carbonyl (C=O) groups is 1. The average Bonchev–Trinajstić information content (AvgIpc) is 2.47. The van der Waals surface area contributed by atoms with Crippen LogP contribution in [0.3, 0.4) is 0 Å². The van der Waals surface area contributed by atoms with Crippen LogP contribution in [-0.4, -0.2) is 67.6 Å². The van der Waals surface area contributed by atoms with Gasteiger partial charge in [-0.3, -0.25) is 9.69 Å². The Morgan fingerprint density at radius 2 is 2.40 bits per heavy atom. The number of nitrogens with one attached hydrogen (secondary N) is 1. The molecule has 0 bridgehead atoms. The number of hydrogen-bond donors (Lipinski definition) is 1. The van der Waals surface area contributed by atoms with E-state index in [1.54, 1.807) is 32.3 Å². The maximum Gasteiger partial charge on any atom is 0.240 e. The quantitative estimate of drug-likeness (QED) is 0.837. The van der Waals surface area contributed by atoms with E-state index in [1.807, 2.05) is 12.1 Å². The van der Waals surface area contributed by atoms with E-state index in [-0.39, 0.29) is 11.9 Å². The van der Waals surface area contributed by atoms with Crippen LogP contribution in [0.25, 0.3) is 0 Å². The summed E-state index contributed by atoms with van der Waals surface area (Å²) >= 11 is 0. The minimum absolute atomic E-state index is 0.125. The highest BCUT2D eigenvalue weighted by Gasteiger charge is 2.30. The van der Waals surface area contributed by atoms with Gasteiger partial charge in [0.05, 0.1) is 7.11 Å². The third kappa shape index (κ3) is 3.26. The molecule has 2 heterocycles. The number of carbonyl (C=O) groups excluding carboxylic acids is 1. The molecule has 1 unspecified atom stereocenters. The molecule has 1 N–H and O–H groups in total. The van der Waals surface area contributed by atoms with Crippen molar-refractivity contribution in [1.82, 2.24) is 20.1 Å². The zero-order valence-electron chi connectivity index (χ0n) is 12.3. The highest BCUT2D eigenvalue weighted by Crippen LogP contribution is 2.18. The molecule has 1 aliphatic heterocycles. The van der Waals surface area contributed by atoms with Gasteiger partial charge in [-0.1, -0.05) is 6.07 Å². The van der Waals surface area contributed by atoms with Gasteiger partial charge >= 0.3 is 0 Å². The molecule has 0 spiro atoms. The predicted molar refractivity (Wildman–Crippen MR) is 76.6 cm³/mol. The predicted octanol–water partition coefficient (Wildman–Crippen LogP) is -0.0478. The van der Waals surface area contributed by atoms with E-state index in [1.165, 1.54) is 0 Å². The molecule has 1 saturated heterocycles. The second-order valence-electron chi connectivity index (χ2n) is 5.09. The number of rotatable bonds is 4. The Bertz CT molecular complexity index is 464. The van der Waals surface area contributed by atoms with Crippen molar-refractivity contribution in [3.8, 4) is 5.88 Å². The first kappa shape index (κ1) is 14.7. The molecular weight excluding hydrogens is 256 g/mol. The molecule has 20 heavy (non-hydrogen) atoms. The summed E-state index contributed by atoms with van der Waals surface area (Å²) in [4.78, 5) is 20.3. The summed E-state index contributed by atoms with van der Waals surface area (Å²) < 4.78 is 5.28. The normalized spacial score (nSPS) is 19.6. The van der Waals surface area contributed by atoms with Crippen molar-refractivity contribution in [1.29, 1.82) is 0 Å². The van der Waals surface area contributed by atoms with Gasteiger partial charge in [-0.15, -0.1) is 0 Å². The summed E-state index contributed by atoms with van der Waals surface area (Å²) in [5.74, 6) is 0.752. The van der Waals surface area contributed by atoms with Crippen molar-refractivity contribution in [2.75, 3.05) is 40.8 Å². The Balaban J connectivity index is 2.14. The second-order valence-corrected chi connectivity index (χ2v) is 5.09. The molecule has 6 nitrogen and oxygen atoms in total. The first-order valence-corrected chi connectivity index (χ1v) is 6.77. The van der Waals surface area contributed by atoms with Crippen molar-refractivity contribution in [2.24, 2.45) is 0 Å². The van der Waals surface area contributed by atoms with Gasteiger partial charge in [-0.25, -0.2) is 4.98 Å². The van der Waals surface area contributed by atoms with E-state index >= 15 is 0 Å². The van der Waals surface area contributed by atoms with Crippen LogP contribution >= 0.6 is 0 Å². The monoisotopic (exact) mass is 278 g/mol. The minimum Gasteiger partial charge on any atom is -0.481 e. The fourth-order valence-corrected chi connectivity index (χ4v) is 2.42. The summed E-state index contributed by atoms with van der Waals surface area (Å²) in [5.41, 5.74) is 1.01. The lowest BCUT2D eigenvalue weighted by Crippen LogP contribution is -2.57. The number of methoxy groups -OCH3 is 1. The number of piperazine rings is 1. The van der Waals surface area contributed by atoms with E-state index in [9.17, 15) is 4.79 Å². The van der Waals surface area contributed by atoms with E-state index in [4.69, 9.17) is 4.74 Å². The number of likely N-dealkylation sites (N-methyl/N-ethyl adjacent to an activating group) is 1. The number of hydrogen-bond acceptors (Lipinski definition) is 5. The van der Waals surface area contributed by atoms with E-state index in [0.29, 0.717) is 19.0 Å². The number of amides is 1. The second kappa shape index (κ2) is 6.67. The molecule has 6 heteroatoms. The van der Waals surface area contributed by atoms with E-state index < -0.39 is 0 Å². The van der Waals surface area contributed by atoms with Crippen LogP contribution in [0.5, 0.6) is 5.88 Å². The van der Waals surface area contributed by atoms with Gasteiger partial charge in [-0.05, 0) is 6.07 Å². The Labute approximate surface area is 119 Å². The Hall–Kier alpha value is -1.66. The summed E-state index contributed by atoms with van der Waals surface area (Å²) in [5, 5.41) is 3.28. The fourth-order valence-electron chi connectivity index (χ4n) is 2.42. The lowest BCUT2D eigenvalue weighted by Gasteiger charge is -2.36. The maximum absolute atomic E-state index is 12.3. The van der Waals surface area contributed by atoms with Crippen LogP contribution in [0, 0.1) is 0 Å². The van der Waals surface area contributed by atoms with Crippen molar-refractivity contribution in [3.05, 3.63) is 23.9 Å². The summed E-state index contributed by atoms with van der Waals surface area (Å²) in [6.45, 7) is 3.07. The Morgan fingerprint density at radius 1 is 1.60 bits per heavy atom. The van der Waals surface area contributed by atoms with Crippen molar-refractivity contribution >= 4 is 5.91 Å². The number of ether oxygens (including phenoxy) is 1. The first-order valence-electron chi connectivity index (χ1n) is 6.77. The SMILES string of the molecule is COc1ncccc1CN1CCNCC1C(=O)N(C)C. The van der Waals surface area contributed by atoms with Crippen LogP contribution in [-0.2, 0) is 11.3 Å². The van der Waals surface area contributed by atoms with Gasteiger partial charge in [0.25, 0.3) is 0 Å². The fraction of sp³-hybridized carbons (Fsp3) is 0.571. The summed E-state index contributed by atoms with van der Waals surface area (Å²) in [7, 11) is 5.20. The molecule has 2 rings (SSSR count). The lowest BCUT2D eigenvalue weighted by molar-refractivity contribution is -0.135. The largest absolute Gasteiger partial charge is 0.481 e. The lowest BCUT2D eigenvalue weighted by atomic mass is 10.1. The smallest absolute Gasteiger partial charge is 0.240 e. The molecule has 1 aromatic rings. The average molecular weight is 278 g/mol. The molecule has 1 atom stereocenters. The van der Waals surface area contributed by atoms with Crippen LogP contribution < -0.4 is 10.1 Å². The van der Waals surface area contributed by atoms with Gasteiger partial charge < -0.3 is 15.0 Å². The molecule has 0 aliphatic carbocycles. The highest BCUT2D eigenvalue weighted by molar-refractivity contribution is 5.81. The van der Waals surface area contributed by atoms with Gasteiger partial charge in [-0.2, -0.15) is 0 Å². The molecule has 1 aromatic heterocycles. The Morgan fingerprint density at radius 3 is 3.10 bits per heavy atom. The van der Waals surface area contributed by atoms with Crippen LogP contribution in [0.1, 0.15) is 5.56 Å². The molecule has 1 aliphatic rings. The standard InChI is InChI=1S/C14H22N4O2/c1-17(2)14(19)12-9-15-7-8-18(12)10-11-5-4-6-16-13(11)20-3/h4-6,12,15H,7-10H2,1-3H3. The van der Waals surface area contributed by atoms with Crippen molar-refractivity contribution in [2.45, 2.75) is 12.6 Å². The van der Waals surface area contributed by atoms with Gasteiger partial charge in [0.2, 0.25) is 11.8 Å². The van der Waals surface area contributed by atoms with Gasteiger partial charge in [0, 0.05) is 52.0 Å². The molecule has 0 aromatic carbocycles. The zero-order valence-corrected chi connectivity index (χ0v) is 12.3. The third-order valence-corrected chi connectivity index (χ3v) is 3.50. The summed E-state index contributed by atoms with van der Waals surface area (Å²) in [6.07, 6.45) is 1.71. The number of pyridine rings is 1. The highest BCUT2D eigenvalue weighted by atomic mass is 16.5. The van der Waals surface area contributed by atoms with Crippen molar-refractivity contribution < 1.29 is 9.53 Å². The van der Waals surface area contributed by atoms with E-state index in [0.717, 1.165) is 18.7 Å². The maximum atomic E-state index is 12.3. The molecular formula is C14H22N4O2. The number of nitrogens with zero attached hydrogens (tertiary/aromatic N) is 3. The summed E-state index contributed by atoms with van der Waals surface area (Å²) in [6, 6.07) is 3.75. The molecule has 1 fully saturated rings. The van der Waals surface area contributed by atoms with Crippen LogP contribution in [0.2, 0.25) is 0 Å². The topological polar surface area (TPSA) is 57.7 Å². The van der Waals surface area contributed by atoms with Crippen molar-refractivity contribution in [3.63, 3.8) is 0 Å². The minimum atomic E-state index is -0.135. The third-order valence-electron chi connectivity index (χ3n) is 3.50.